The Labute approximate surface area is 138 Å². The van der Waals surface area contributed by atoms with E-state index in [9.17, 15) is 0 Å². The minimum atomic E-state index is 0.470. The van der Waals surface area contributed by atoms with Gasteiger partial charge in [-0.2, -0.15) is 0 Å². The molecule has 1 saturated heterocycles. The molecule has 1 saturated carbocycles. The summed E-state index contributed by atoms with van der Waals surface area (Å²) in [5.41, 5.74) is 2.01. The molecule has 2 unspecified atom stereocenters. The molecule has 128 valence electrons. The molecule has 2 atom stereocenters. The maximum atomic E-state index is 5.22. The summed E-state index contributed by atoms with van der Waals surface area (Å²) in [6.45, 7) is 12.1. The van der Waals surface area contributed by atoms with E-state index in [1.54, 1.807) is 0 Å². The molecule has 2 aliphatic rings. The highest BCUT2D eigenvalue weighted by Crippen LogP contribution is 2.31. The lowest BCUT2D eigenvalue weighted by Gasteiger charge is -2.20. The van der Waals surface area contributed by atoms with Gasteiger partial charge in [-0.05, 0) is 39.5 Å². The minimum absolute atomic E-state index is 0.470. The molecule has 0 radical (unpaired) electrons. The first-order chi connectivity index (χ1) is 11.1. The maximum absolute atomic E-state index is 5.22. The Morgan fingerprint density at radius 1 is 1.35 bits per heavy atom. The Morgan fingerprint density at radius 2 is 2.13 bits per heavy atom. The van der Waals surface area contributed by atoms with Crippen molar-refractivity contribution < 1.29 is 4.52 Å². The fourth-order valence-electron chi connectivity index (χ4n) is 3.31. The largest absolute Gasteiger partial charge is 0.361 e. The van der Waals surface area contributed by atoms with E-state index in [-0.39, 0.29) is 0 Å². The predicted octanol–water partition coefficient (Wildman–Crippen LogP) is 1.83. The smallest absolute Gasteiger partial charge is 0.191 e. The van der Waals surface area contributed by atoms with Crippen LogP contribution in [0.3, 0.4) is 0 Å². The Morgan fingerprint density at radius 3 is 2.74 bits per heavy atom. The molecule has 2 N–H and O–H groups in total. The molecule has 3 rings (SSSR count). The lowest BCUT2D eigenvalue weighted by molar-refractivity contribution is 0.315. The van der Waals surface area contributed by atoms with Gasteiger partial charge in [0.1, 0.15) is 5.76 Å². The molecule has 1 aliphatic heterocycles. The van der Waals surface area contributed by atoms with Gasteiger partial charge in [0.25, 0.3) is 0 Å². The molecule has 0 aromatic carbocycles. The quantitative estimate of drug-likeness (QED) is 0.640. The fraction of sp³-hybridized carbons (Fsp3) is 0.765. The van der Waals surface area contributed by atoms with Gasteiger partial charge in [-0.3, -0.25) is 4.90 Å². The minimum Gasteiger partial charge on any atom is -0.361 e. The monoisotopic (exact) mass is 319 g/mol. The van der Waals surface area contributed by atoms with Gasteiger partial charge in [0.05, 0.1) is 12.2 Å². The van der Waals surface area contributed by atoms with Crippen LogP contribution in [0.5, 0.6) is 0 Å². The first-order valence-corrected chi connectivity index (χ1v) is 8.79. The van der Waals surface area contributed by atoms with Crippen molar-refractivity contribution >= 4 is 5.96 Å². The van der Waals surface area contributed by atoms with Crippen molar-refractivity contribution in [2.24, 2.45) is 10.9 Å². The Kier molecular flexibility index (Phi) is 4.90. The lowest BCUT2D eigenvalue weighted by Crippen LogP contribution is -2.46. The van der Waals surface area contributed by atoms with E-state index < -0.39 is 0 Å². The molecule has 2 fully saturated rings. The SMILES string of the molecule is CCNC(=NCc1c(C)noc1C)NC1CN(C2CC2)CC1C. The molecule has 1 aromatic rings. The van der Waals surface area contributed by atoms with Crippen LogP contribution < -0.4 is 10.6 Å². The van der Waals surface area contributed by atoms with Crippen LogP contribution in [0.2, 0.25) is 0 Å². The number of nitrogens with zero attached hydrogens (tertiary/aromatic N) is 3. The van der Waals surface area contributed by atoms with Crippen molar-refractivity contribution in [3.05, 3.63) is 17.0 Å². The molecule has 6 heteroatoms. The molecule has 0 amide bonds. The number of aryl methyl sites for hydroxylation is 2. The van der Waals surface area contributed by atoms with Gasteiger partial charge in [-0.15, -0.1) is 0 Å². The molecule has 1 aromatic heterocycles. The zero-order chi connectivity index (χ0) is 16.4. The van der Waals surface area contributed by atoms with Crippen molar-refractivity contribution in [2.45, 2.75) is 59.2 Å². The first-order valence-electron chi connectivity index (χ1n) is 8.79. The van der Waals surface area contributed by atoms with Gasteiger partial charge < -0.3 is 15.2 Å². The molecular formula is C17H29N5O. The number of likely N-dealkylation sites (tertiary alicyclic amines) is 1. The van der Waals surface area contributed by atoms with Gasteiger partial charge >= 0.3 is 0 Å². The number of hydrogen-bond acceptors (Lipinski definition) is 4. The van der Waals surface area contributed by atoms with E-state index in [2.05, 4.69) is 34.5 Å². The van der Waals surface area contributed by atoms with Crippen LogP contribution in [0.4, 0.5) is 0 Å². The Balaban J connectivity index is 1.63. The van der Waals surface area contributed by atoms with E-state index in [1.807, 2.05) is 13.8 Å². The molecule has 6 nitrogen and oxygen atoms in total. The van der Waals surface area contributed by atoms with E-state index in [0.717, 1.165) is 42.1 Å². The van der Waals surface area contributed by atoms with Gasteiger partial charge in [0, 0.05) is 37.3 Å². The van der Waals surface area contributed by atoms with Gasteiger partial charge in [-0.25, -0.2) is 4.99 Å². The third-order valence-corrected chi connectivity index (χ3v) is 4.95. The lowest BCUT2D eigenvalue weighted by atomic mass is 10.1. The van der Waals surface area contributed by atoms with Crippen molar-refractivity contribution in [2.75, 3.05) is 19.6 Å². The van der Waals surface area contributed by atoms with Crippen molar-refractivity contribution in [1.29, 1.82) is 0 Å². The average molecular weight is 319 g/mol. The zero-order valence-electron chi connectivity index (χ0n) is 14.7. The van der Waals surface area contributed by atoms with E-state index in [1.165, 1.54) is 19.4 Å². The standard InChI is InChI=1S/C17H29N5O/c1-5-18-17(19-8-15-12(3)21-23-13(15)4)20-16-10-22(9-11(16)2)14-6-7-14/h11,14,16H,5-10H2,1-4H3,(H2,18,19,20). The summed E-state index contributed by atoms with van der Waals surface area (Å²) in [5.74, 6) is 2.40. The summed E-state index contributed by atoms with van der Waals surface area (Å²) >= 11 is 0. The summed E-state index contributed by atoms with van der Waals surface area (Å²) in [5, 5.41) is 11.0. The summed E-state index contributed by atoms with van der Waals surface area (Å²) in [6, 6.07) is 1.31. The van der Waals surface area contributed by atoms with E-state index in [4.69, 9.17) is 9.52 Å². The molecule has 23 heavy (non-hydrogen) atoms. The summed E-state index contributed by atoms with van der Waals surface area (Å²) < 4.78 is 5.22. The first kappa shape index (κ1) is 16.3. The maximum Gasteiger partial charge on any atom is 0.191 e. The van der Waals surface area contributed by atoms with Crippen LogP contribution in [0, 0.1) is 19.8 Å². The Hall–Kier alpha value is -1.56. The third kappa shape index (κ3) is 3.86. The topological polar surface area (TPSA) is 65.7 Å². The fourth-order valence-corrected chi connectivity index (χ4v) is 3.31. The van der Waals surface area contributed by atoms with Gasteiger partial charge in [0.15, 0.2) is 5.96 Å². The molecule has 2 heterocycles. The molecular weight excluding hydrogens is 290 g/mol. The van der Waals surface area contributed by atoms with Crippen LogP contribution in [-0.4, -0.2) is 47.7 Å². The second kappa shape index (κ2) is 6.91. The van der Waals surface area contributed by atoms with E-state index in [0.29, 0.717) is 18.5 Å². The van der Waals surface area contributed by atoms with Gasteiger partial charge in [0.2, 0.25) is 0 Å². The highest BCUT2D eigenvalue weighted by molar-refractivity contribution is 5.80. The summed E-state index contributed by atoms with van der Waals surface area (Å²) in [7, 11) is 0. The second-order valence-electron chi connectivity index (χ2n) is 6.91. The van der Waals surface area contributed by atoms with Crippen molar-refractivity contribution in [3.63, 3.8) is 0 Å². The molecule has 1 aliphatic carbocycles. The summed E-state index contributed by atoms with van der Waals surface area (Å²) in [4.78, 5) is 7.36. The van der Waals surface area contributed by atoms with Crippen molar-refractivity contribution in [1.82, 2.24) is 20.7 Å². The number of nitrogens with one attached hydrogen (secondary N) is 2. The average Bonchev–Trinajstić information content (AvgIpc) is 3.24. The predicted molar refractivity (Wildman–Crippen MR) is 91.5 cm³/mol. The Bertz CT molecular complexity index is 544. The van der Waals surface area contributed by atoms with Crippen LogP contribution >= 0.6 is 0 Å². The number of aromatic nitrogens is 1. The number of hydrogen-bond donors (Lipinski definition) is 2. The number of guanidine groups is 1. The molecule has 0 spiro atoms. The van der Waals surface area contributed by atoms with Crippen LogP contribution in [0.1, 0.15) is 43.7 Å². The van der Waals surface area contributed by atoms with E-state index >= 15 is 0 Å². The van der Waals surface area contributed by atoms with Crippen molar-refractivity contribution in [3.8, 4) is 0 Å². The highest BCUT2D eigenvalue weighted by Gasteiger charge is 2.38. The highest BCUT2D eigenvalue weighted by atomic mass is 16.5. The van der Waals surface area contributed by atoms with Crippen LogP contribution in [0.15, 0.2) is 9.52 Å². The number of rotatable bonds is 5. The summed E-state index contributed by atoms with van der Waals surface area (Å²) in [6.07, 6.45) is 2.75. The van der Waals surface area contributed by atoms with Crippen LogP contribution in [-0.2, 0) is 6.54 Å². The number of aliphatic imine (C=N–C) groups is 1. The normalized spacial score (nSPS) is 25.8. The second-order valence-corrected chi connectivity index (χ2v) is 6.91. The van der Waals surface area contributed by atoms with Gasteiger partial charge in [-0.1, -0.05) is 12.1 Å². The molecule has 0 bridgehead atoms. The van der Waals surface area contributed by atoms with Crippen LogP contribution in [0.25, 0.3) is 0 Å². The third-order valence-electron chi connectivity index (χ3n) is 4.95. The zero-order valence-corrected chi connectivity index (χ0v) is 14.7.